The van der Waals surface area contributed by atoms with E-state index in [0.717, 1.165) is 0 Å². The molecule has 7 heteroatoms. The number of hydrogen-bond acceptors (Lipinski definition) is 4. The third-order valence-corrected chi connectivity index (χ3v) is 2.15. The van der Waals surface area contributed by atoms with Gasteiger partial charge in [0.05, 0.1) is 19.8 Å². The molecule has 5 nitrogen and oxygen atoms in total. The lowest BCUT2D eigenvalue weighted by molar-refractivity contribution is -0.0558. The third-order valence-electron chi connectivity index (χ3n) is 2.15. The first-order valence-corrected chi connectivity index (χ1v) is 5.43. The Hall–Kier alpha value is -0.950. The van der Waals surface area contributed by atoms with E-state index >= 15 is 0 Å². The van der Waals surface area contributed by atoms with Crippen molar-refractivity contribution in [2.45, 2.75) is 38.2 Å². The summed E-state index contributed by atoms with van der Waals surface area (Å²) in [6.45, 7) is 1.45. The Bertz CT molecular complexity index is 226. The molecule has 0 bridgehead atoms. The van der Waals surface area contributed by atoms with Gasteiger partial charge in [0.1, 0.15) is 6.10 Å². The largest absolute Gasteiger partial charge is 0.446 e. The number of alkyl halides is 2. The minimum atomic E-state index is -2.89. The molecule has 0 aromatic carbocycles. The van der Waals surface area contributed by atoms with Crippen LogP contribution in [0.5, 0.6) is 0 Å². The summed E-state index contributed by atoms with van der Waals surface area (Å²) in [5.41, 5.74) is 4.80. The molecule has 3 N–H and O–H groups in total. The number of nitrogens with two attached hydrogens (primary N) is 1. The fourth-order valence-electron chi connectivity index (χ4n) is 1.23. The lowest BCUT2D eigenvalue weighted by Gasteiger charge is -2.21. The first-order valence-electron chi connectivity index (χ1n) is 5.43. The minimum absolute atomic E-state index is 0.119. The van der Waals surface area contributed by atoms with Crippen LogP contribution >= 0.6 is 0 Å². The summed E-state index contributed by atoms with van der Waals surface area (Å²) in [7, 11) is 0. The molecule has 0 saturated heterocycles. The van der Waals surface area contributed by atoms with Gasteiger partial charge in [0, 0.05) is 19.3 Å². The van der Waals surface area contributed by atoms with E-state index in [-0.39, 0.29) is 32.7 Å². The summed E-state index contributed by atoms with van der Waals surface area (Å²) < 4.78 is 35.7. The molecule has 0 aromatic heterocycles. The zero-order chi connectivity index (χ0) is 13.3. The Balaban J connectivity index is 4.09. The average Bonchev–Trinajstić information content (AvgIpc) is 2.23. The summed E-state index contributed by atoms with van der Waals surface area (Å²) in [5, 5.41) is 8.45. The summed E-state index contributed by atoms with van der Waals surface area (Å²) in [6.07, 6.45) is -2.83. The molecule has 0 heterocycles. The van der Waals surface area contributed by atoms with Crippen LogP contribution in [-0.2, 0) is 9.47 Å². The van der Waals surface area contributed by atoms with Gasteiger partial charge in [-0.15, -0.1) is 0 Å². The maximum Gasteiger partial charge on any atom is 0.404 e. The van der Waals surface area contributed by atoms with Gasteiger partial charge in [-0.05, 0) is 0 Å². The number of ether oxygens (including phenoxy) is 2. The van der Waals surface area contributed by atoms with Gasteiger partial charge < -0.3 is 20.3 Å². The molecule has 17 heavy (non-hydrogen) atoms. The van der Waals surface area contributed by atoms with Gasteiger partial charge in [0.2, 0.25) is 0 Å². The van der Waals surface area contributed by atoms with Gasteiger partial charge in [-0.3, -0.25) is 0 Å². The van der Waals surface area contributed by atoms with E-state index in [9.17, 15) is 13.6 Å². The van der Waals surface area contributed by atoms with Crippen molar-refractivity contribution < 1.29 is 28.2 Å². The van der Waals surface area contributed by atoms with Crippen molar-refractivity contribution in [1.29, 1.82) is 0 Å². The third kappa shape index (κ3) is 8.82. The predicted molar refractivity (Wildman–Crippen MR) is 56.8 cm³/mol. The van der Waals surface area contributed by atoms with Gasteiger partial charge in [-0.2, -0.15) is 0 Å². The highest BCUT2D eigenvalue weighted by atomic mass is 19.3. The number of hydrogen-bond donors (Lipinski definition) is 2. The van der Waals surface area contributed by atoms with E-state index in [0.29, 0.717) is 0 Å². The second-order valence-corrected chi connectivity index (χ2v) is 3.60. The van der Waals surface area contributed by atoms with Crippen molar-refractivity contribution in [2.24, 2.45) is 5.73 Å². The molecule has 1 unspecified atom stereocenters. The Morgan fingerprint density at radius 1 is 1.47 bits per heavy atom. The summed E-state index contributed by atoms with van der Waals surface area (Å²) in [4.78, 5) is 10.5. The smallest absolute Gasteiger partial charge is 0.404 e. The number of carbonyl (C=O) groups excluding carboxylic acids is 1. The molecule has 1 amide bonds. The molecule has 0 rings (SSSR count). The van der Waals surface area contributed by atoms with Crippen molar-refractivity contribution in [3.05, 3.63) is 0 Å². The van der Waals surface area contributed by atoms with Crippen LogP contribution in [0.4, 0.5) is 13.6 Å². The van der Waals surface area contributed by atoms with Crippen LogP contribution in [0, 0.1) is 0 Å². The van der Waals surface area contributed by atoms with Crippen LogP contribution in [0.25, 0.3) is 0 Å². The van der Waals surface area contributed by atoms with Crippen LogP contribution in [0.2, 0.25) is 0 Å². The Morgan fingerprint density at radius 3 is 2.59 bits per heavy atom. The first kappa shape index (κ1) is 16.1. The zero-order valence-corrected chi connectivity index (χ0v) is 9.83. The molecule has 102 valence electrons. The maximum atomic E-state index is 13.1. The molecule has 0 fully saturated rings. The number of amides is 1. The van der Waals surface area contributed by atoms with Crippen molar-refractivity contribution in [1.82, 2.24) is 0 Å². The number of halogens is 2. The molecule has 0 saturated carbocycles. The second kappa shape index (κ2) is 8.19. The molecule has 0 aromatic rings. The lowest BCUT2D eigenvalue weighted by Crippen LogP contribution is -2.30. The van der Waals surface area contributed by atoms with Crippen molar-refractivity contribution in [3.63, 3.8) is 0 Å². The molecule has 0 aliphatic heterocycles. The second-order valence-electron chi connectivity index (χ2n) is 3.60. The van der Waals surface area contributed by atoms with Gasteiger partial charge in [0.25, 0.3) is 5.92 Å². The SMILES string of the molecule is CCC(F)(F)CC(CCOCCO)OC(N)=O. The molecular weight excluding hydrogens is 236 g/mol. The number of aliphatic hydroxyl groups is 1. The number of rotatable bonds is 9. The average molecular weight is 255 g/mol. The number of aliphatic hydroxyl groups excluding tert-OH is 1. The van der Waals surface area contributed by atoms with E-state index < -0.39 is 24.5 Å². The summed E-state index contributed by atoms with van der Waals surface area (Å²) in [6, 6.07) is 0. The van der Waals surface area contributed by atoms with Gasteiger partial charge in [0.15, 0.2) is 0 Å². The standard InChI is InChI=1S/C10H19F2NO4/c1-2-10(11,12)7-8(17-9(13)15)3-5-16-6-4-14/h8,14H,2-7H2,1H3,(H2,13,15). The van der Waals surface area contributed by atoms with Crippen LogP contribution < -0.4 is 5.73 Å². The molecule has 0 aliphatic rings. The summed E-state index contributed by atoms with van der Waals surface area (Å²) in [5.74, 6) is -2.89. The normalized spacial score (nSPS) is 13.4. The summed E-state index contributed by atoms with van der Waals surface area (Å²) >= 11 is 0. The number of primary amides is 1. The van der Waals surface area contributed by atoms with E-state index in [1.54, 1.807) is 0 Å². The van der Waals surface area contributed by atoms with E-state index in [4.69, 9.17) is 15.6 Å². The maximum absolute atomic E-state index is 13.1. The van der Waals surface area contributed by atoms with E-state index in [2.05, 4.69) is 4.74 Å². The van der Waals surface area contributed by atoms with Crippen molar-refractivity contribution >= 4 is 6.09 Å². The van der Waals surface area contributed by atoms with E-state index in [1.807, 2.05) is 0 Å². The monoisotopic (exact) mass is 255 g/mol. The van der Waals surface area contributed by atoms with Crippen LogP contribution in [0.15, 0.2) is 0 Å². The molecule has 1 atom stereocenters. The Kier molecular flexibility index (Phi) is 7.73. The van der Waals surface area contributed by atoms with E-state index in [1.165, 1.54) is 6.92 Å². The fraction of sp³-hybridized carbons (Fsp3) is 0.900. The van der Waals surface area contributed by atoms with Gasteiger partial charge in [-0.25, -0.2) is 13.6 Å². The predicted octanol–water partition coefficient (Wildman–Crippen LogP) is 1.28. The lowest BCUT2D eigenvalue weighted by atomic mass is 10.1. The molecular formula is C10H19F2NO4. The van der Waals surface area contributed by atoms with Crippen LogP contribution in [0.1, 0.15) is 26.2 Å². The Labute approximate surface area is 98.9 Å². The molecule has 0 spiro atoms. The topological polar surface area (TPSA) is 81.8 Å². The highest BCUT2D eigenvalue weighted by molar-refractivity contribution is 5.64. The Morgan fingerprint density at radius 2 is 2.12 bits per heavy atom. The quantitative estimate of drug-likeness (QED) is 0.608. The van der Waals surface area contributed by atoms with Crippen LogP contribution in [0.3, 0.4) is 0 Å². The zero-order valence-electron chi connectivity index (χ0n) is 9.83. The van der Waals surface area contributed by atoms with Gasteiger partial charge in [-0.1, -0.05) is 6.92 Å². The molecule has 0 aliphatic carbocycles. The minimum Gasteiger partial charge on any atom is -0.446 e. The van der Waals surface area contributed by atoms with Crippen LogP contribution in [-0.4, -0.2) is 43.0 Å². The van der Waals surface area contributed by atoms with Crippen molar-refractivity contribution in [2.75, 3.05) is 19.8 Å². The van der Waals surface area contributed by atoms with Crippen molar-refractivity contribution in [3.8, 4) is 0 Å². The fourth-order valence-corrected chi connectivity index (χ4v) is 1.23. The number of carbonyl (C=O) groups is 1. The highest BCUT2D eigenvalue weighted by Gasteiger charge is 2.32. The first-order chi connectivity index (χ1) is 7.91. The highest BCUT2D eigenvalue weighted by Crippen LogP contribution is 2.26. The molecule has 0 radical (unpaired) electrons. The van der Waals surface area contributed by atoms with Gasteiger partial charge >= 0.3 is 6.09 Å².